The van der Waals surface area contributed by atoms with Gasteiger partial charge in [-0.25, -0.2) is 4.99 Å². The molecule has 0 bridgehead atoms. The molecule has 0 aromatic heterocycles. The third kappa shape index (κ3) is 3.84. The maximum Gasteiger partial charge on any atom is 1.00 e. The van der Waals surface area contributed by atoms with Crippen LogP contribution in [-0.2, 0) is 22.4 Å². The van der Waals surface area contributed by atoms with E-state index in [4.69, 9.17) is 0 Å². The Morgan fingerprint density at radius 3 is 2.33 bits per heavy atom. The standard InChI is InChI=1S/C13H10N.Ag/c1-3-7-12(8-4-1)11-14-13-9-5-2-6-10-13;/h1-9,11H;/q-1;+1/p+1. The van der Waals surface area contributed by atoms with Crippen molar-refractivity contribution in [2.75, 3.05) is 0 Å². The average molecular weight is 289 g/mol. The number of nitrogens with one attached hydrogen (secondary N) is 1. The van der Waals surface area contributed by atoms with Gasteiger partial charge in [0.1, 0.15) is 0 Å². The summed E-state index contributed by atoms with van der Waals surface area (Å²) in [5.41, 5.74) is 2.14. The van der Waals surface area contributed by atoms with Crippen molar-refractivity contribution in [2.24, 2.45) is 0 Å². The molecular weight excluding hydrogens is 278 g/mol. The Kier molecular flexibility index (Phi) is 5.05. The molecule has 78 valence electrons. The Morgan fingerprint density at radius 2 is 1.67 bits per heavy atom. The van der Waals surface area contributed by atoms with Crippen LogP contribution in [0.1, 0.15) is 5.56 Å². The van der Waals surface area contributed by atoms with E-state index in [0.29, 0.717) is 0 Å². The summed E-state index contributed by atoms with van der Waals surface area (Å²) >= 11 is 0. The van der Waals surface area contributed by atoms with E-state index in [2.05, 4.69) is 23.2 Å². The first-order chi connectivity index (χ1) is 6.95. The van der Waals surface area contributed by atoms with Crippen molar-refractivity contribution in [1.82, 2.24) is 0 Å². The van der Waals surface area contributed by atoms with E-state index in [1.165, 1.54) is 0 Å². The molecule has 2 rings (SSSR count). The van der Waals surface area contributed by atoms with Crippen molar-refractivity contribution in [3.8, 4) is 0 Å². The maximum absolute atomic E-state index is 3.18. The fraction of sp³-hybridized carbons (Fsp3) is 0. The van der Waals surface area contributed by atoms with Crippen LogP contribution in [0.15, 0.2) is 54.6 Å². The van der Waals surface area contributed by atoms with E-state index in [1.807, 2.05) is 48.7 Å². The third-order valence-corrected chi connectivity index (χ3v) is 1.90. The number of hydrogen-bond acceptors (Lipinski definition) is 0. The molecule has 0 saturated carbocycles. The molecule has 0 spiro atoms. The zero-order valence-electron chi connectivity index (χ0n) is 8.08. The van der Waals surface area contributed by atoms with E-state index in [0.717, 1.165) is 11.3 Å². The SMILES string of the molecule is [Ag+].[c-]1ccccc1[NH+]=Cc1ccccc1. The number of para-hydroxylation sites is 1. The van der Waals surface area contributed by atoms with Crippen molar-refractivity contribution in [1.29, 1.82) is 0 Å². The van der Waals surface area contributed by atoms with Gasteiger partial charge in [0.25, 0.3) is 0 Å². The van der Waals surface area contributed by atoms with Gasteiger partial charge >= 0.3 is 22.4 Å². The molecule has 0 radical (unpaired) electrons. The zero-order valence-corrected chi connectivity index (χ0v) is 9.56. The molecule has 0 aliphatic carbocycles. The van der Waals surface area contributed by atoms with Gasteiger partial charge < -0.3 is 0 Å². The van der Waals surface area contributed by atoms with Gasteiger partial charge in [-0.15, -0.1) is 12.1 Å². The molecule has 0 amide bonds. The number of benzene rings is 2. The Labute approximate surface area is 105 Å². The van der Waals surface area contributed by atoms with Gasteiger partial charge in [0.2, 0.25) is 0 Å². The second kappa shape index (κ2) is 6.36. The molecule has 15 heavy (non-hydrogen) atoms. The minimum atomic E-state index is 0. The van der Waals surface area contributed by atoms with E-state index in [1.54, 1.807) is 0 Å². The maximum atomic E-state index is 3.18. The molecule has 0 fully saturated rings. The number of hydrogen-bond donors (Lipinski definition) is 1. The Morgan fingerprint density at radius 1 is 0.933 bits per heavy atom. The minimum absolute atomic E-state index is 0. The summed E-state index contributed by atoms with van der Waals surface area (Å²) in [5, 5.41) is 0. The van der Waals surface area contributed by atoms with Crippen LogP contribution in [0.5, 0.6) is 0 Å². The first-order valence-electron chi connectivity index (χ1n) is 4.57. The molecule has 1 N–H and O–H groups in total. The smallest absolute Gasteiger partial charge is 0.233 e. The molecule has 1 nitrogen and oxygen atoms in total. The van der Waals surface area contributed by atoms with Gasteiger partial charge in [0, 0.05) is 5.56 Å². The van der Waals surface area contributed by atoms with Gasteiger partial charge in [-0.1, -0.05) is 18.2 Å². The van der Waals surface area contributed by atoms with E-state index < -0.39 is 0 Å². The van der Waals surface area contributed by atoms with Crippen LogP contribution < -0.4 is 4.99 Å². The quantitative estimate of drug-likeness (QED) is 0.487. The van der Waals surface area contributed by atoms with Crippen molar-refractivity contribution in [3.63, 3.8) is 0 Å². The zero-order chi connectivity index (χ0) is 9.64. The molecule has 2 heteroatoms. The predicted octanol–water partition coefficient (Wildman–Crippen LogP) is 1.32. The van der Waals surface area contributed by atoms with Crippen molar-refractivity contribution in [3.05, 3.63) is 66.2 Å². The van der Waals surface area contributed by atoms with Crippen LogP contribution >= 0.6 is 0 Å². The van der Waals surface area contributed by atoms with Gasteiger partial charge in [-0.05, 0) is 12.1 Å². The van der Waals surface area contributed by atoms with Gasteiger partial charge in [0.15, 0.2) is 6.21 Å². The Balaban J connectivity index is 0.00000112. The minimum Gasteiger partial charge on any atom is -0.233 e. The molecule has 0 saturated heterocycles. The van der Waals surface area contributed by atoms with Gasteiger partial charge in [-0.2, -0.15) is 18.2 Å². The molecule has 0 heterocycles. The average Bonchev–Trinajstić information content (AvgIpc) is 2.29. The summed E-state index contributed by atoms with van der Waals surface area (Å²) in [6.45, 7) is 0. The van der Waals surface area contributed by atoms with E-state index in [9.17, 15) is 0 Å². The van der Waals surface area contributed by atoms with E-state index in [-0.39, 0.29) is 22.4 Å². The number of rotatable bonds is 2. The van der Waals surface area contributed by atoms with E-state index >= 15 is 0 Å². The van der Waals surface area contributed by atoms with Crippen molar-refractivity contribution in [2.45, 2.75) is 0 Å². The second-order valence-electron chi connectivity index (χ2n) is 2.98. The molecule has 0 unspecified atom stereocenters. The summed E-state index contributed by atoms with van der Waals surface area (Å²) in [6, 6.07) is 21.0. The van der Waals surface area contributed by atoms with Crippen LogP contribution in [0.2, 0.25) is 0 Å². The van der Waals surface area contributed by atoms with Crippen LogP contribution in [0.4, 0.5) is 5.69 Å². The normalized spacial score (nSPS) is 9.87. The monoisotopic (exact) mass is 288 g/mol. The molecule has 2 aromatic rings. The van der Waals surface area contributed by atoms with Crippen LogP contribution in [0.25, 0.3) is 0 Å². The molecule has 0 atom stereocenters. The van der Waals surface area contributed by atoms with Crippen molar-refractivity contribution >= 4 is 11.9 Å². The second-order valence-corrected chi connectivity index (χ2v) is 2.98. The van der Waals surface area contributed by atoms with Gasteiger partial charge in [0.05, 0.1) is 5.69 Å². The largest absolute Gasteiger partial charge is 1.00 e. The predicted molar refractivity (Wildman–Crippen MR) is 57.5 cm³/mol. The van der Waals surface area contributed by atoms with Crippen LogP contribution in [0, 0.1) is 6.07 Å². The summed E-state index contributed by atoms with van der Waals surface area (Å²) in [6.07, 6.45) is 1.96. The third-order valence-electron chi connectivity index (χ3n) is 1.90. The fourth-order valence-corrected chi connectivity index (χ4v) is 1.19. The van der Waals surface area contributed by atoms with Crippen LogP contribution in [0.3, 0.4) is 0 Å². The Bertz CT molecular complexity index is 368. The summed E-state index contributed by atoms with van der Waals surface area (Å²) in [4.78, 5) is 3.18. The fourth-order valence-electron chi connectivity index (χ4n) is 1.19. The molecule has 2 aromatic carbocycles. The molecule has 0 aliphatic heterocycles. The topological polar surface area (TPSA) is 14.0 Å². The summed E-state index contributed by atoms with van der Waals surface area (Å²) < 4.78 is 0. The Hall–Kier alpha value is -1.15. The van der Waals surface area contributed by atoms with Gasteiger partial charge in [-0.3, -0.25) is 0 Å². The molecule has 0 aliphatic rings. The van der Waals surface area contributed by atoms with Crippen LogP contribution in [-0.4, -0.2) is 6.21 Å². The van der Waals surface area contributed by atoms with Crippen molar-refractivity contribution < 1.29 is 27.4 Å². The first-order valence-corrected chi connectivity index (χ1v) is 4.57. The summed E-state index contributed by atoms with van der Waals surface area (Å²) in [7, 11) is 0. The first kappa shape index (κ1) is 11.9. The summed E-state index contributed by atoms with van der Waals surface area (Å²) in [5.74, 6) is 0. The molecular formula is C13H11AgN+.